The average Bonchev–Trinajstić information content (AvgIpc) is 3.05. The molecule has 2 aromatic rings. The first-order valence-electron chi connectivity index (χ1n) is 6.92. The van der Waals surface area contributed by atoms with E-state index in [4.69, 9.17) is 11.6 Å². The first kappa shape index (κ1) is 12.7. The summed E-state index contributed by atoms with van der Waals surface area (Å²) in [5.74, 6) is 1.76. The number of hydrogen-bond acceptors (Lipinski definition) is 3. The molecular weight excluding hydrogens is 260 g/mol. The Labute approximate surface area is 118 Å². The van der Waals surface area contributed by atoms with E-state index < -0.39 is 0 Å². The van der Waals surface area contributed by atoms with E-state index in [1.165, 1.54) is 31.2 Å². The number of nitrogens with zero attached hydrogens (tertiary/aromatic N) is 4. The van der Waals surface area contributed by atoms with E-state index in [9.17, 15) is 0 Å². The van der Waals surface area contributed by atoms with Crippen LogP contribution in [0.2, 0.25) is 0 Å². The molecule has 19 heavy (non-hydrogen) atoms. The van der Waals surface area contributed by atoms with Gasteiger partial charge in [0.05, 0.1) is 0 Å². The Balaban J connectivity index is 2.05. The lowest BCUT2D eigenvalue weighted by atomic mass is 10.2. The van der Waals surface area contributed by atoms with Gasteiger partial charge in [-0.15, -0.1) is 11.6 Å². The summed E-state index contributed by atoms with van der Waals surface area (Å²) in [5.41, 5.74) is 2.13. The molecule has 1 aliphatic rings. The molecule has 1 saturated carbocycles. The molecule has 4 nitrogen and oxygen atoms in total. The predicted octanol–water partition coefficient (Wildman–Crippen LogP) is 3.03. The highest BCUT2D eigenvalue weighted by Gasteiger charge is 2.24. The van der Waals surface area contributed by atoms with Crippen molar-refractivity contribution in [2.24, 2.45) is 0 Å². The molecule has 0 atom stereocenters. The number of fused-ring (bicyclic) bond motifs is 1. The molecule has 0 bridgehead atoms. The predicted molar refractivity (Wildman–Crippen MR) is 78.0 cm³/mol. The smallest absolute Gasteiger partial charge is 0.157 e. The highest BCUT2D eigenvalue weighted by atomic mass is 35.5. The molecule has 0 radical (unpaired) electrons. The third-order valence-corrected chi connectivity index (χ3v) is 4.06. The third kappa shape index (κ3) is 2.41. The van der Waals surface area contributed by atoms with Gasteiger partial charge >= 0.3 is 0 Å². The molecule has 0 spiro atoms. The molecule has 0 N–H and O–H groups in total. The van der Waals surface area contributed by atoms with Gasteiger partial charge in [0, 0.05) is 18.5 Å². The SMILES string of the molecule is Cc1cc(N(CCCl)C2CCCC2)n2ncnc2c1. The van der Waals surface area contributed by atoms with E-state index in [0.29, 0.717) is 11.9 Å². The normalized spacial score (nSPS) is 16.3. The van der Waals surface area contributed by atoms with Crippen LogP contribution in [0.5, 0.6) is 0 Å². The van der Waals surface area contributed by atoms with E-state index in [-0.39, 0.29) is 0 Å². The van der Waals surface area contributed by atoms with Gasteiger partial charge in [0.1, 0.15) is 12.1 Å². The summed E-state index contributed by atoms with van der Waals surface area (Å²) < 4.78 is 1.93. The number of pyridine rings is 1. The molecule has 0 aliphatic heterocycles. The highest BCUT2D eigenvalue weighted by molar-refractivity contribution is 6.18. The van der Waals surface area contributed by atoms with Crippen molar-refractivity contribution in [1.29, 1.82) is 0 Å². The zero-order chi connectivity index (χ0) is 13.2. The molecule has 2 heterocycles. The second kappa shape index (κ2) is 5.37. The number of halogens is 1. The van der Waals surface area contributed by atoms with Crippen LogP contribution in [0.25, 0.3) is 5.65 Å². The Bertz CT molecular complexity index is 560. The monoisotopic (exact) mass is 278 g/mol. The van der Waals surface area contributed by atoms with Gasteiger partial charge in [-0.1, -0.05) is 12.8 Å². The van der Waals surface area contributed by atoms with Crippen LogP contribution in [0.15, 0.2) is 18.5 Å². The van der Waals surface area contributed by atoms with Crippen LogP contribution in [0.4, 0.5) is 5.82 Å². The zero-order valence-electron chi connectivity index (χ0n) is 11.2. The van der Waals surface area contributed by atoms with Crippen molar-refractivity contribution < 1.29 is 0 Å². The minimum absolute atomic E-state index is 0.591. The molecule has 1 aliphatic carbocycles. The molecule has 5 heteroatoms. The van der Waals surface area contributed by atoms with Crippen molar-refractivity contribution in [1.82, 2.24) is 14.6 Å². The van der Waals surface area contributed by atoms with Gasteiger partial charge in [0.2, 0.25) is 0 Å². The number of hydrogen-bond donors (Lipinski definition) is 0. The van der Waals surface area contributed by atoms with Crippen molar-refractivity contribution in [3.8, 4) is 0 Å². The molecule has 0 saturated heterocycles. The van der Waals surface area contributed by atoms with E-state index in [2.05, 4.69) is 34.0 Å². The van der Waals surface area contributed by atoms with Gasteiger partial charge in [0.15, 0.2) is 5.65 Å². The van der Waals surface area contributed by atoms with E-state index >= 15 is 0 Å². The van der Waals surface area contributed by atoms with Gasteiger partial charge in [-0.05, 0) is 37.5 Å². The second-order valence-corrected chi connectivity index (χ2v) is 5.62. The maximum atomic E-state index is 6.00. The van der Waals surface area contributed by atoms with Crippen LogP contribution in [-0.4, -0.2) is 33.1 Å². The maximum Gasteiger partial charge on any atom is 0.157 e. The largest absolute Gasteiger partial charge is 0.352 e. The van der Waals surface area contributed by atoms with Crippen LogP contribution in [0.3, 0.4) is 0 Å². The highest BCUT2D eigenvalue weighted by Crippen LogP contribution is 2.29. The molecule has 102 valence electrons. The summed E-state index contributed by atoms with van der Waals surface area (Å²) in [6, 6.07) is 4.84. The fourth-order valence-electron chi connectivity index (χ4n) is 3.03. The Morgan fingerprint density at radius 1 is 1.37 bits per heavy atom. The minimum atomic E-state index is 0.591. The third-order valence-electron chi connectivity index (χ3n) is 3.89. The summed E-state index contributed by atoms with van der Waals surface area (Å²) >= 11 is 6.00. The average molecular weight is 279 g/mol. The zero-order valence-corrected chi connectivity index (χ0v) is 12.0. The molecule has 0 aromatic carbocycles. The minimum Gasteiger partial charge on any atom is -0.352 e. The van der Waals surface area contributed by atoms with Crippen molar-refractivity contribution in [2.45, 2.75) is 38.6 Å². The van der Waals surface area contributed by atoms with Crippen LogP contribution in [-0.2, 0) is 0 Å². The number of alkyl halides is 1. The summed E-state index contributed by atoms with van der Waals surface area (Å²) in [7, 11) is 0. The fraction of sp³-hybridized carbons (Fsp3) is 0.571. The van der Waals surface area contributed by atoms with Crippen LogP contribution < -0.4 is 4.90 Å². The molecule has 3 rings (SSSR count). The lowest BCUT2D eigenvalue weighted by Gasteiger charge is -2.30. The van der Waals surface area contributed by atoms with Crippen LogP contribution >= 0.6 is 11.6 Å². The lowest BCUT2D eigenvalue weighted by Crippen LogP contribution is -2.36. The molecular formula is C14H19ClN4. The standard InChI is InChI=1S/C14H19ClN4/c1-11-8-13-16-10-17-19(13)14(9-11)18(7-6-15)12-4-2-3-5-12/h8-10,12H,2-7H2,1H3. The number of aromatic nitrogens is 3. The number of aryl methyl sites for hydroxylation is 1. The van der Waals surface area contributed by atoms with E-state index in [0.717, 1.165) is 18.0 Å². The van der Waals surface area contributed by atoms with Gasteiger partial charge in [0.25, 0.3) is 0 Å². The van der Waals surface area contributed by atoms with E-state index in [1.807, 2.05) is 4.52 Å². The molecule has 1 fully saturated rings. The Kier molecular flexibility index (Phi) is 3.60. The Hall–Kier alpha value is -1.29. The van der Waals surface area contributed by atoms with Crippen LogP contribution in [0.1, 0.15) is 31.2 Å². The lowest BCUT2D eigenvalue weighted by molar-refractivity contribution is 0.606. The first-order valence-corrected chi connectivity index (χ1v) is 7.46. The van der Waals surface area contributed by atoms with Gasteiger partial charge in [-0.25, -0.2) is 4.98 Å². The van der Waals surface area contributed by atoms with Crippen molar-refractivity contribution in [3.63, 3.8) is 0 Å². The van der Waals surface area contributed by atoms with Crippen molar-refractivity contribution >= 4 is 23.1 Å². The molecule has 0 unspecified atom stereocenters. The number of anilines is 1. The fourth-order valence-corrected chi connectivity index (χ4v) is 3.21. The Morgan fingerprint density at radius 2 is 2.16 bits per heavy atom. The van der Waals surface area contributed by atoms with E-state index in [1.54, 1.807) is 6.33 Å². The second-order valence-electron chi connectivity index (χ2n) is 5.24. The maximum absolute atomic E-state index is 6.00. The van der Waals surface area contributed by atoms with Gasteiger partial charge < -0.3 is 4.90 Å². The number of rotatable bonds is 4. The van der Waals surface area contributed by atoms with Crippen molar-refractivity contribution in [3.05, 3.63) is 24.0 Å². The summed E-state index contributed by atoms with van der Waals surface area (Å²) in [6.07, 6.45) is 6.75. The summed E-state index contributed by atoms with van der Waals surface area (Å²) in [4.78, 5) is 6.71. The molecule has 2 aromatic heterocycles. The quantitative estimate of drug-likeness (QED) is 0.806. The van der Waals surface area contributed by atoms with Gasteiger partial charge in [-0.2, -0.15) is 9.61 Å². The molecule has 0 amide bonds. The Morgan fingerprint density at radius 3 is 2.89 bits per heavy atom. The summed E-state index contributed by atoms with van der Waals surface area (Å²) in [6.45, 7) is 2.97. The first-order chi connectivity index (χ1) is 9.29. The summed E-state index contributed by atoms with van der Waals surface area (Å²) in [5, 5.41) is 4.36. The van der Waals surface area contributed by atoms with Crippen LogP contribution in [0, 0.1) is 6.92 Å². The topological polar surface area (TPSA) is 33.4 Å². The van der Waals surface area contributed by atoms with Gasteiger partial charge in [-0.3, -0.25) is 0 Å². The van der Waals surface area contributed by atoms with Crippen molar-refractivity contribution in [2.75, 3.05) is 17.3 Å².